The summed E-state index contributed by atoms with van der Waals surface area (Å²) in [5, 5.41) is 0. The maximum atomic E-state index is 12.4. The Labute approximate surface area is 130 Å². The highest BCUT2D eigenvalue weighted by Crippen LogP contribution is 2.24. The molecule has 22 heavy (non-hydrogen) atoms. The summed E-state index contributed by atoms with van der Waals surface area (Å²) in [7, 11) is 1.66. The Morgan fingerprint density at radius 1 is 1.27 bits per heavy atom. The highest BCUT2D eigenvalue weighted by Gasteiger charge is 2.28. The Morgan fingerprint density at radius 3 is 2.68 bits per heavy atom. The lowest BCUT2D eigenvalue weighted by molar-refractivity contribution is -0.157. The van der Waals surface area contributed by atoms with E-state index in [9.17, 15) is 4.79 Å². The van der Waals surface area contributed by atoms with Gasteiger partial charge in [-0.3, -0.25) is 4.79 Å². The lowest BCUT2D eigenvalue weighted by Crippen LogP contribution is -2.46. The van der Waals surface area contributed by atoms with Crippen LogP contribution in [0.2, 0.25) is 0 Å². The minimum Gasteiger partial charge on any atom is -0.497 e. The van der Waals surface area contributed by atoms with Gasteiger partial charge in [-0.05, 0) is 29.7 Å². The summed E-state index contributed by atoms with van der Waals surface area (Å²) in [5.74, 6) is 0.885. The molecular formula is C17H21NO4. The summed E-state index contributed by atoms with van der Waals surface area (Å²) in [6.45, 7) is 2.78. The van der Waals surface area contributed by atoms with Gasteiger partial charge in [-0.15, -0.1) is 0 Å². The van der Waals surface area contributed by atoms with Gasteiger partial charge in [-0.1, -0.05) is 18.2 Å². The zero-order valence-corrected chi connectivity index (χ0v) is 12.8. The average molecular weight is 303 g/mol. The topological polar surface area (TPSA) is 48.0 Å². The first kappa shape index (κ1) is 15.1. The molecule has 1 aromatic rings. The van der Waals surface area contributed by atoms with Crippen molar-refractivity contribution >= 4 is 11.5 Å². The summed E-state index contributed by atoms with van der Waals surface area (Å²) in [5.41, 5.74) is 2.46. The maximum Gasteiger partial charge on any atom is 0.254 e. The van der Waals surface area contributed by atoms with Gasteiger partial charge in [-0.25, -0.2) is 0 Å². The molecule has 3 rings (SSSR count). The summed E-state index contributed by atoms with van der Waals surface area (Å²) >= 11 is 0. The molecule has 1 atom stereocenters. The van der Waals surface area contributed by atoms with Crippen LogP contribution in [0.4, 0.5) is 0 Å². The fraction of sp³-hybridized carbons (Fsp3) is 0.471. The van der Waals surface area contributed by atoms with E-state index in [2.05, 4.69) is 18.2 Å². The number of benzene rings is 1. The lowest BCUT2D eigenvalue weighted by atomic mass is 9.99. The van der Waals surface area contributed by atoms with Gasteiger partial charge in [0.05, 0.1) is 26.9 Å². The molecule has 5 heteroatoms. The SMILES string of the molecule is COc1ccc(C2=CCN(C(=O)C3COCCO3)CC2)cc1. The highest BCUT2D eigenvalue weighted by atomic mass is 16.6. The van der Waals surface area contributed by atoms with Crippen molar-refractivity contribution in [2.75, 3.05) is 40.0 Å². The molecule has 118 valence electrons. The number of carbonyl (C=O) groups excluding carboxylic acids is 1. The number of rotatable bonds is 3. The number of carbonyl (C=O) groups is 1. The minimum atomic E-state index is -0.440. The normalized spacial score (nSPS) is 22.1. The van der Waals surface area contributed by atoms with Crippen LogP contribution in [-0.4, -0.2) is 56.9 Å². The van der Waals surface area contributed by atoms with Crippen LogP contribution in [0, 0.1) is 0 Å². The van der Waals surface area contributed by atoms with E-state index < -0.39 is 6.10 Å². The number of ether oxygens (including phenoxy) is 3. The third-order valence-corrected chi connectivity index (χ3v) is 4.07. The third-order valence-electron chi connectivity index (χ3n) is 4.07. The van der Waals surface area contributed by atoms with Crippen LogP contribution in [0.3, 0.4) is 0 Å². The van der Waals surface area contributed by atoms with Crippen LogP contribution >= 0.6 is 0 Å². The first-order valence-electron chi connectivity index (χ1n) is 7.59. The van der Waals surface area contributed by atoms with Crippen molar-refractivity contribution in [3.63, 3.8) is 0 Å². The van der Waals surface area contributed by atoms with Gasteiger partial charge in [0.2, 0.25) is 0 Å². The average Bonchev–Trinajstić information content (AvgIpc) is 2.62. The monoisotopic (exact) mass is 303 g/mol. The van der Waals surface area contributed by atoms with E-state index in [4.69, 9.17) is 14.2 Å². The van der Waals surface area contributed by atoms with E-state index in [0.717, 1.165) is 18.7 Å². The zero-order chi connectivity index (χ0) is 15.4. The van der Waals surface area contributed by atoms with E-state index >= 15 is 0 Å². The second kappa shape index (κ2) is 6.94. The number of hydrogen-bond acceptors (Lipinski definition) is 4. The third kappa shape index (κ3) is 3.31. The number of methoxy groups -OCH3 is 1. The van der Waals surface area contributed by atoms with Crippen LogP contribution in [0.5, 0.6) is 5.75 Å². The minimum absolute atomic E-state index is 0.0322. The first-order chi connectivity index (χ1) is 10.8. The van der Waals surface area contributed by atoms with Crippen molar-refractivity contribution in [2.24, 2.45) is 0 Å². The molecule has 0 aliphatic carbocycles. The Kier molecular flexibility index (Phi) is 4.75. The predicted molar refractivity (Wildman–Crippen MR) is 82.7 cm³/mol. The Balaban J connectivity index is 1.62. The van der Waals surface area contributed by atoms with Gasteiger partial charge in [-0.2, -0.15) is 0 Å². The number of amides is 1. The molecule has 1 saturated heterocycles. The molecule has 1 aromatic carbocycles. The lowest BCUT2D eigenvalue weighted by Gasteiger charge is -2.31. The Morgan fingerprint density at radius 2 is 2.09 bits per heavy atom. The molecule has 0 aromatic heterocycles. The van der Waals surface area contributed by atoms with Crippen molar-refractivity contribution in [1.82, 2.24) is 4.90 Å². The van der Waals surface area contributed by atoms with Crippen molar-refractivity contribution in [1.29, 1.82) is 0 Å². The second-order valence-electron chi connectivity index (χ2n) is 5.43. The molecule has 2 aliphatic rings. The zero-order valence-electron chi connectivity index (χ0n) is 12.8. The maximum absolute atomic E-state index is 12.4. The van der Waals surface area contributed by atoms with Crippen LogP contribution in [0.15, 0.2) is 30.3 Å². The van der Waals surface area contributed by atoms with E-state index in [1.807, 2.05) is 17.0 Å². The number of hydrogen-bond donors (Lipinski definition) is 0. The van der Waals surface area contributed by atoms with Gasteiger partial charge in [0.25, 0.3) is 5.91 Å². The van der Waals surface area contributed by atoms with Crippen LogP contribution in [0.1, 0.15) is 12.0 Å². The summed E-state index contributed by atoms with van der Waals surface area (Å²) in [6, 6.07) is 8.03. The Bertz CT molecular complexity index is 546. The van der Waals surface area contributed by atoms with E-state index in [1.54, 1.807) is 7.11 Å². The first-order valence-corrected chi connectivity index (χ1v) is 7.59. The predicted octanol–water partition coefficient (Wildman–Crippen LogP) is 1.73. The van der Waals surface area contributed by atoms with Crippen molar-refractivity contribution < 1.29 is 19.0 Å². The van der Waals surface area contributed by atoms with Crippen molar-refractivity contribution in [2.45, 2.75) is 12.5 Å². The standard InChI is InChI=1S/C17H21NO4/c1-20-15-4-2-13(3-5-15)14-6-8-18(9-7-14)17(19)16-12-21-10-11-22-16/h2-6,16H,7-12H2,1H3. The van der Waals surface area contributed by atoms with Crippen LogP contribution in [0.25, 0.3) is 5.57 Å². The van der Waals surface area contributed by atoms with Gasteiger partial charge in [0, 0.05) is 13.1 Å². The van der Waals surface area contributed by atoms with Gasteiger partial charge in [0.15, 0.2) is 6.10 Å². The second-order valence-corrected chi connectivity index (χ2v) is 5.43. The summed E-state index contributed by atoms with van der Waals surface area (Å²) in [6.07, 6.45) is 2.53. The molecule has 0 N–H and O–H groups in total. The van der Waals surface area contributed by atoms with Gasteiger partial charge >= 0.3 is 0 Å². The molecule has 0 spiro atoms. The summed E-state index contributed by atoms with van der Waals surface area (Å²) < 4.78 is 16.0. The molecule has 1 amide bonds. The molecular weight excluding hydrogens is 282 g/mol. The van der Waals surface area contributed by atoms with Gasteiger partial charge in [0.1, 0.15) is 5.75 Å². The summed E-state index contributed by atoms with van der Waals surface area (Å²) in [4.78, 5) is 14.2. The van der Waals surface area contributed by atoms with E-state index in [1.165, 1.54) is 11.1 Å². The van der Waals surface area contributed by atoms with Crippen LogP contribution < -0.4 is 4.74 Å². The molecule has 1 unspecified atom stereocenters. The molecule has 0 saturated carbocycles. The van der Waals surface area contributed by atoms with E-state index in [-0.39, 0.29) is 5.91 Å². The molecule has 0 radical (unpaired) electrons. The van der Waals surface area contributed by atoms with E-state index in [0.29, 0.717) is 26.4 Å². The Hall–Kier alpha value is -1.85. The smallest absolute Gasteiger partial charge is 0.254 e. The van der Waals surface area contributed by atoms with Crippen LogP contribution in [-0.2, 0) is 14.3 Å². The molecule has 2 heterocycles. The fourth-order valence-electron chi connectivity index (χ4n) is 2.77. The largest absolute Gasteiger partial charge is 0.497 e. The van der Waals surface area contributed by atoms with Crippen molar-refractivity contribution in [3.05, 3.63) is 35.9 Å². The fourth-order valence-corrected chi connectivity index (χ4v) is 2.77. The van der Waals surface area contributed by atoms with Gasteiger partial charge < -0.3 is 19.1 Å². The van der Waals surface area contributed by atoms with Crippen molar-refractivity contribution in [3.8, 4) is 5.75 Å². The molecule has 5 nitrogen and oxygen atoms in total. The molecule has 2 aliphatic heterocycles. The molecule has 1 fully saturated rings. The molecule has 0 bridgehead atoms. The quantitative estimate of drug-likeness (QED) is 0.853. The highest BCUT2D eigenvalue weighted by molar-refractivity contribution is 5.82. The number of nitrogens with zero attached hydrogens (tertiary/aromatic N) is 1.